The second kappa shape index (κ2) is 5.71. The van der Waals surface area contributed by atoms with E-state index in [2.05, 4.69) is 5.32 Å². The average molecular weight is 274 g/mol. The lowest BCUT2D eigenvalue weighted by Gasteiger charge is -2.23. The van der Waals surface area contributed by atoms with Crippen LogP contribution in [0.3, 0.4) is 0 Å². The monoisotopic (exact) mass is 273 g/mol. The van der Waals surface area contributed by atoms with Gasteiger partial charge in [-0.15, -0.1) is 0 Å². The fraction of sp³-hybridized carbons (Fsp3) is 0.417. The molecular weight excluding hydrogens is 261 g/mol. The first kappa shape index (κ1) is 12.7. The molecule has 0 bridgehead atoms. The van der Waals surface area contributed by atoms with E-state index in [4.69, 9.17) is 27.9 Å². The summed E-state index contributed by atoms with van der Waals surface area (Å²) < 4.78 is 5.23. The first-order valence-electron chi connectivity index (χ1n) is 5.50. The van der Waals surface area contributed by atoms with Gasteiger partial charge in [-0.1, -0.05) is 23.2 Å². The van der Waals surface area contributed by atoms with E-state index in [1.54, 1.807) is 18.2 Å². The van der Waals surface area contributed by atoms with Crippen molar-refractivity contribution in [3.63, 3.8) is 0 Å². The van der Waals surface area contributed by atoms with Gasteiger partial charge in [0.1, 0.15) is 0 Å². The number of carbonyl (C=O) groups excluding carboxylic acids is 1. The minimum absolute atomic E-state index is 0.154. The fourth-order valence-corrected chi connectivity index (χ4v) is 2.27. The van der Waals surface area contributed by atoms with Crippen molar-refractivity contribution in [2.45, 2.75) is 18.9 Å². The molecule has 92 valence electrons. The lowest BCUT2D eigenvalue weighted by Crippen LogP contribution is -2.38. The highest BCUT2D eigenvalue weighted by atomic mass is 35.5. The second-order valence-electron chi connectivity index (χ2n) is 3.98. The van der Waals surface area contributed by atoms with E-state index >= 15 is 0 Å². The van der Waals surface area contributed by atoms with E-state index in [9.17, 15) is 4.79 Å². The van der Waals surface area contributed by atoms with Crippen LogP contribution in [0.5, 0.6) is 0 Å². The zero-order valence-corrected chi connectivity index (χ0v) is 10.7. The van der Waals surface area contributed by atoms with Crippen molar-refractivity contribution in [2.24, 2.45) is 0 Å². The van der Waals surface area contributed by atoms with E-state index in [0.717, 1.165) is 12.8 Å². The molecule has 1 aromatic carbocycles. The van der Waals surface area contributed by atoms with Crippen molar-refractivity contribution < 1.29 is 9.53 Å². The summed E-state index contributed by atoms with van der Waals surface area (Å²) in [6.07, 6.45) is 1.69. The molecule has 0 radical (unpaired) electrons. The Kier molecular flexibility index (Phi) is 4.26. The lowest BCUT2D eigenvalue weighted by atomic mass is 10.1. The molecule has 0 saturated carbocycles. The molecule has 1 heterocycles. The summed E-state index contributed by atoms with van der Waals surface area (Å²) in [7, 11) is 0. The Bertz CT molecular complexity index is 417. The van der Waals surface area contributed by atoms with Crippen LogP contribution in [0.1, 0.15) is 23.2 Å². The predicted octanol–water partition coefficient (Wildman–Crippen LogP) is 2.90. The smallest absolute Gasteiger partial charge is 0.253 e. The number of rotatable bonds is 2. The van der Waals surface area contributed by atoms with Crippen LogP contribution in [-0.2, 0) is 4.74 Å². The highest BCUT2D eigenvalue weighted by Gasteiger charge is 2.18. The Morgan fingerprint density at radius 3 is 2.65 bits per heavy atom. The van der Waals surface area contributed by atoms with Crippen molar-refractivity contribution in [3.8, 4) is 0 Å². The molecule has 0 unspecified atom stereocenters. The maximum absolute atomic E-state index is 12.0. The molecule has 1 aliphatic rings. The summed E-state index contributed by atoms with van der Waals surface area (Å²) in [6.45, 7) is 1.39. The van der Waals surface area contributed by atoms with Gasteiger partial charge in [-0.25, -0.2) is 0 Å². The summed E-state index contributed by atoms with van der Waals surface area (Å²) in [5, 5.41) is 3.85. The van der Waals surface area contributed by atoms with Gasteiger partial charge in [-0.3, -0.25) is 4.79 Å². The van der Waals surface area contributed by atoms with Crippen molar-refractivity contribution in [1.29, 1.82) is 0 Å². The summed E-state index contributed by atoms with van der Waals surface area (Å²) >= 11 is 11.8. The van der Waals surface area contributed by atoms with Crippen LogP contribution in [-0.4, -0.2) is 25.2 Å². The third-order valence-corrected chi connectivity index (χ3v) is 3.28. The Labute approximate surface area is 110 Å². The number of amides is 1. The molecule has 1 saturated heterocycles. The van der Waals surface area contributed by atoms with Gasteiger partial charge in [0.2, 0.25) is 0 Å². The van der Waals surface area contributed by atoms with Crippen LogP contribution in [0.2, 0.25) is 10.0 Å². The van der Waals surface area contributed by atoms with E-state index in [-0.39, 0.29) is 11.9 Å². The number of benzene rings is 1. The van der Waals surface area contributed by atoms with Crippen LogP contribution in [0, 0.1) is 0 Å². The quantitative estimate of drug-likeness (QED) is 0.900. The summed E-state index contributed by atoms with van der Waals surface area (Å²) in [4.78, 5) is 12.0. The molecule has 0 aromatic heterocycles. The molecule has 0 spiro atoms. The number of nitrogens with one attached hydrogen (secondary N) is 1. The van der Waals surface area contributed by atoms with Crippen molar-refractivity contribution >= 4 is 29.1 Å². The Hall–Kier alpha value is -0.770. The van der Waals surface area contributed by atoms with Gasteiger partial charge in [0.05, 0.1) is 10.6 Å². The molecular formula is C12H13Cl2NO2. The largest absolute Gasteiger partial charge is 0.381 e. The maximum atomic E-state index is 12.0. The molecule has 1 N–H and O–H groups in total. The summed E-state index contributed by atoms with van der Waals surface area (Å²) in [6, 6.07) is 5.04. The molecule has 5 heteroatoms. The van der Waals surface area contributed by atoms with Gasteiger partial charge in [0, 0.05) is 24.3 Å². The SMILES string of the molecule is O=C(NC1CCOCC1)c1ccc(Cl)cc1Cl. The van der Waals surface area contributed by atoms with Gasteiger partial charge >= 0.3 is 0 Å². The Balaban J connectivity index is 2.03. The van der Waals surface area contributed by atoms with Crippen LogP contribution in [0.4, 0.5) is 0 Å². The summed E-state index contributed by atoms with van der Waals surface area (Å²) in [5.74, 6) is -0.154. The Morgan fingerprint density at radius 1 is 1.29 bits per heavy atom. The molecule has 1 aromatic rings. The summed E-state index contributed by atoms with van der Waals surface area (Å²) in [5.41, 5.74) is 0.461. The van der Waals surface area contributed by atoms with Crippen LogP contribution in [0.15, 0.2) is 18.2 Å². The highest BCUT2D eigenvalue weighted by Crippen LogP contribution is 2.21. The average Bonchev–Trinajstić information content (AvgIpc) is 2.30. The number of halogens is 2. The van der Waals surface area contributed by atoms with Crippen molar-refractivity contribution in [3.05, 3.63) is 33.8 Å². The molecule has 2 rings (SSSR count). The van der Waals surface area contributed by atoms with Gasteiger partial charge in [-0.05, 0) is 31.0 Å². The predicted molar refractivity (Wildman–Crippen MR) is 67.8 cm³/mol. The van der Waals surface area contributed by atoms with Gasteiger partial charge in [0.15, 0.2) is 0 Å². The lowest BCUT2D eigenvalue weighted by molar-refractivity contribution is 0.0696. The number of carbonyl (C=O) groups is 1. The van der Waals surface area contributed by atoms with Crippen molar-refractivity contribution in [2.75, 3.05) is 13.2 Å². The van der Waals surface area contributed by atoms with E-state index in [1.807, 2.05) is 0 Å². The number of hydrogen-bond donors (Lipinski definition) is 1. The second-order valence-corrected chi connectivity index (χ2v) is 4.83. The topological polar surface area (TPSA) is 38.3 Å². The van der Waals surface area contributed by atoms with Gasteiger partial charge in [0.25, 0.3) is 5.91 Å². The number of hydrogen-bond acceptors (Lipinski definition) is 2. The minimum Gasteiger partial charge on any atom is -0.381 e. The first-order valence-corrected chi connectivity index (χ1v) is 6.26. The molecule has 1 aliphatic heterocycles. The molecule has 0 aliphatic carbocycles. The van der Waals surface area contributed by atoms with E-state index < -0.39 is 0 Å². The highest BCUT2D eigenvalue weighted by molar-refractivity contribution is 6.36. The van der Waals surface area contributed by atoms with Crippen molar-refractivity contribution in [1.82, 2.24) is 5.32 Å². The zero-order valence-electron chi connectivity index (χ0n) is 9.21. The number of ether oxygens (including phenoxy) is 1. The fourth-order valence-electron chi connectivity index (χ4n) is 1.78. The minimum atomic E-state index is -0.154. The maximum Gasteiger partial charge on any atom is 0.253 e. The molecule has 0 atom stereocenters. The molecule has 1 amide bonds. The van der Waals surface area contributed by atoms with E-state index in [0.29, 0.717) is 28.8 Å². The first-order chi connectivity index (χ1) is 8.16. The standard InChI is InChI=1S/C12H13Cl2NO2/c13-8-1-2-10(11(14)7-8)12(16)15-9-3-5-17-6-4-9/h1-2,7,9H,3-6H2,(H,15,16). The van der Waals surface area contributed by atoms with Crippen LogP contribution < -0.4 is 5.32 Å². The Morgan fingerprint density at radius 2 is 2.00 bits per heavy atom. The zero-order chi connectivity index (χ0) is 12.3. The molecule has 17 heavy (non-hydrogen) atoms. The third-order valence-electron chi connectivity index (χ3n) is 2.73. The molecule has 1 fully saturated rings. The molecule has 3 nitrogen and oxygen atoms in total. The third kappa shape index (κ3) is 3.35. The van der Waals surface area contributed by atoms with Crippen LogP contribution >= 0.6 is 23.2 Å². The normalized spacial score (nSPS) is 16.8. The van der Waals surface area contributed by atoms with Gasteiger partial charge < -0.3 is 10.1 Å². The van der Waals surface area contributed by atoms with Gasteiger partial charge in [-0.2, -0.15) is 0 Å². The van der Waals surface area contributed by atoms with Crippen LogP contribution in [0.25, 0.3) is 0 Å². The van der Waals surface area contributed by atoms with E-state index in [1.165, 1.54) is 0 Å².